The third-order valence-corrected chi connectivity index (χ3v) is 6.03. The molecule has 1 aliphatic rings. The molecule has 0 radical (unpaired) electrons. The van der Waals surface area contributed by atoms with Crippen LogP contribution in [0.5, 0.6) is 17.2 Å². The molecule has 2 heterocycles. The Bertz CT molecular complexity index is 1190. The van der Waals surface area contributed by atoms with E-state index in [0.29, 0.717) is 34.4 Å². The van der Waals surface area contributed by atoms with E-state index in [1.165, 1.54) is 11.8 Å². The summed E-state index contributed by atoms with van der Waals surface area (Å²) in [5, 5.41) is 6.31. The van der Waals surface area contributed by atoms with Crippen LogP contribution in [0, 0.1) is 0 Å². The Kier molecular flexibility index (Phi) is 7.54. The van der Waals surface area contributed by atoms with Crippen molar-refractivity contribution in [2.45, 2.75) is 24.9 Å². The summed E-state index contributed by atoms with van der Waals surface area (Å²) in [4.78, 5) is 29.8. The first kappa shape index (κ1) is 23.4. The summed E-state index contributed by atoms with van der Waals surface area (Å²) in [6.45, 7) is 4.58. The molecule has 0 spiro atoms. The number of aromatic nitrogens is 1. The van der Waals surface area contributed by atoms with E-state index in [-0.39, 0.29) is 30.4 Å². The first-order chi connectivity index (χ1) is 16.5. The second-order valence-corrected chi connectivity index (χ2v) is 8.43. The van der Waals surface area contributed by atoms with Gasteiger partial charge in [0.05, 0.1) is 24.0 Å². The number of amides is 2. The van der Waals surface area contributed by atoms with Gasteiger partial charge < -0.3 is 24.8 Å². The summed E-state index contributed by atoms with van der Waals surface area (Å²) in [5.74, 6) is 1.61. The molecule has 0 fully saturated rings. The highest BCUT2D eigenvalue weighted by Gasteiger charge is 2.18. The Hall–Kier alpha value is -3.72. The lowest BCUT2D eigenvalue weighted by molar-refractivity contribution is -0.113. The summed E-state index contributed by atoms with van der Waals surface area (Å²) >= 11 is 1.20. The molecule has 0 bridgehead atoms. The van der Waals surface area contributed by atoms with Gasteiger partial charge in [-0.25, -0.2) is 4.98 Å². The molecule has 9 heteroatoms. The summed E-state index contributed by atoms with van der Waals surface area (Å²) in [6.07, 6.45) is 1.60. The standard InChI is InChI=1S/C25H25N3O5S/c1-3-31-19-7-4-6-17(12-19)16(2)27-24(30)20-8-5-11-26-25(20)34-14-23(29)28-18-9-10-21-22(13-18)33-15-32-21/h4-13,16H,3,14-15H2,1-2H3,(H,27,30)(H,28,29). The number of carbonyl (C=O) groups excluding carboxylic acids is 2. The molecule has 2 amide bonds. The van der Waals surface area contributed by atoms with Crippen molar-refractivity contribution in [2.24, 2.45) is 0 Å². The zero-order valence-electron chi connectivity index (χ0n) is 18.9. The number of benzene rings is 2. The highest BCUT2D eigenvalue weighted by Crippen LogP contribution is 2.34. The molecular weight excluding hydrogens is 454 g/mol. The number of ether oxygens (including phenoxy) is 3. The van der Waals surface area contributed by atoms with E-state index in [1.54, 1.807) is 36.5 Å². The van der Waals surface area contributed by atoms with Crippen LogP contribution in [-0.2, 0) is 4.79 Å². The lowest BCUT2D eigenvalue weighted by atomic mass is 10.1. The van der Waals surface area contributed by atoms with E-state index < -0.39 is 0 Å². The third kappa shape index (κ3) is 5.79. The maximum atomic E-state index is 13.0. The molecule has 8 nitrogen and oxygen atoms in total. The Balaban J connectivity index is 1.36. The minimum absolute atomic E-state index is 0.0949. The predicted octanol–water partition coefficient (Wildman–Crippen LogP) is 4.43. The summed E-state index contributed by atoms with van der Waals surface area (Å²) in [5.41, 5.74) is 1.95. The van der Waals surface area contributed by atoms with Gasteiger partial charge in [0.15, 0.2) is 11.5 Å². The second kappa shape index (κ2) is 10.9. The zero-order chi connectivity index (χ0) is 23.9. The fourth-order valence-electron chi connectivity index (χ4n) is 3.38. The Morgan fingerprint density at radius 2 is 1.97 bits per heavy atom. The molecule has 4 rings (SSSR count). The lowest BCUT2D eigenvalue weighted by Gasteiger charge is -2.16. The van der Waals surface area contributed by atoms with Crippen molar-refractivity contribution in [1.29, 1.82) is 0 Å². The molecule has 0 saturated carbocycles. The molecule has 1 atom stereocenters. The van der Waals surface area contributed by atoms with Crippen molar-refractivity contribution in [2.75, 3.05) is 24.5 Å². The van der Waals surface area contributed by atoms with Crippen LogP contribution >= 0.6 is 11.8 Å². The van der Waals surface area contributed by atoms with Crippen molar-refractivity contribution in [3.8, 4) is 17.2 Å². The molecule has 3 aromatic rings. The van der Waals surface area contributed by atoms with E-state index in [4.69, 9.17) is 14.2 Å². The summed E-state index contributed by atoms with van der Waals surface area (Å²) < 4.78 is 16.2. The molecule has 0 saturated heterocycles. The lowest BCUT2D eigenvalue weighted by Crippen LogP contribution is -2.27. The van der Waals surface area contributed by atoms with Gasteiger partial charge in [-0.15, -0.1) is 0 Å². The molecule has 1 unspecified atom stereocenters. The van der Waals surface area contributed by atoms with Gasteiger partial charge in [-0.3, -0.25) is 9.59 Å². The normalized spacial score (nSPS) is 12.6. The number of nitrogens with one attached hydrogen (secondary N) is 2. The van der Waals surface area contributed by atoms with Crippen LogP contribution in [-0.4, -0.2) is 36.0 Å². The predicted molar refractivity (Wildman–Crippen MR) is 130 cm³/mol. The number of fused-ring (bicyclic) bond motifs is 1. The zero-order valence-corrected chi connectivity index (χ0v) is 19.7. The number of anilines is 1. The minimum atomic E-state index is -0.263. The Morgan fingerprint density at radius 1 is 1.12 bits per heavy atom. The Labute approximate surface area is 202 Å². The fraction of sp³-hybridized carbons (Fsp3) is 0.240. The van der Waals surface area contributed by atoms with Crippen molar-refractivity contribution in [3.05, 3.63) is 71.9 Å². The van der Waals surface area contributed by atoms with Crippen LogP contribution < -0.4 is 24.8 Å². The largest absolute Gasteiger partial charge is 0.494 e. The van der Waals surface area contributed by atoms with E-state index in [1.807, 2.05) is 38.1 Å². The van der Waals surface area contributed by atoms with E-state index in [0.717, 1.165) is 11.3 Å². The van der Waals surface area contributed by atoms with Gasteiger partial charge in [0.2, 0.25) is 12.7 Å². The molecule has 1 aliphatic heterocycles. The SMILES string of the molecule is CCOc1cccc(C(C)NC(=O)c2cccnc2SCC(=O)Nc2ccc3c(c2)OCO3)c1. The highest BCUT2D eigenvalue weighted by atomic mass is 32.2. The number of rotatable bonds is 9. The molecular formula is C25H25N3O5S. The van der Waals surface area contributed by atoms with Gasteiger partial charge in [-0.1, -0.05) is 23.9 Å². The average Bonchev–Trinajstić information content (AvgIpc) is 3.31. The van der Waals surface area contributed by atoms with E-state index in [2.05, 4.69) is 15.6 Å². The van der Waals surface area contributed by atoms with Gasteiger partial charge in [0.25, 0.3) is 5.91 Å². The van der Waals surface area contributed by atoms with Crippen LogP contribution in [0.2, 0.25) is 0 Å². The average molecular weight is 480 g/mol. The minimum Gasteiger partial charge on any atom is -0.494 e. The maximum Gasteiger partial charge on any atom is 0.254 e. The molecule has 1 aromatic heterocycles. The molecule has 176 valence electrons. The molecule has 0 aliphatic carbocycles. The van der Waals surface area contributed by atoms with Crippen LogP contribution in [0.3, 0.4) is 0 Å². The second-order valence-electron chi connectivity index (χ2n) is 7.46. The van der Waals surface area contributed by atoms with E-state index in [9.17, 15) is 9.59 Å². The van der Waals surface area contributed by atoms with Gasteiger partial charge in [-0.05, 0) is 55.8 Å². The fourth-order valence-corrected chi connectivity index (χ4v) is 4.17. The molecule has 2 N–H and O–H groups in total. The van der Waals surface area contributed by atoms with Crippen LogP contribution in [0.15, 0.2) is 65.8 Å². The third-order valence-electron chi connectivity index (χ3n) is 5.03. The number of carbonyl (C=O) groups is 2. The Morgan fingerprint density at radius 3 is 2.82 bits per heavy atom. The van der Waals surface area contributed by atoms with Crippen molar-refractivity contribution in [1.82, 2.24) is 10.3 Å². The molecule has 34 heavy (non-hydrogen) atoms. The quantitative estimate of drug-likeness (QED) is 0.438. The summed E-state index contributed by atoms with van der Waals surface area (Å²) in [7, 11) is 0. The maximum absolute atomic E-state index is 13.0. The monoisotopic (exact) mass is 479 g/mol. The highest BCUT2D eigenvalue weighted by molar-refractivity contribution is 8.00. The summed E-state index contributed by atoms with van der Waals surface area (Å²) in [6, 6.07) is 16.0. The smallest absolute Gasteiger partial charge is 0.254 e. The van der Waals surface area contributed by atoms with Gasteiger partial charge in [0, 0.05) is 18.0 Å². The first-order valence-corrected chi connectivity index (χ1v) is 11.8. The van der Waals surface area contributed by atoms with Gasteiger partial charge in [-0.2, -0.15) is 0 Å². The number of hydrogen-bond acceptors (Lipinski definition) is 7. The number of nitrogens with zero attached hydrogens (tertiary/aromatic N) is 1. The van der Waals surface area contributed by atoms with Crippen LogP contribution in [0.1, 0.15) is 35.8 Å². The van der Waals surface area contributed by atoms with Gasteiger partial charge >= 0.3 is 0 Å². The number of thioether (sulfide) groups is 1. The number of hydrogen-bond donors (Lipinski definition) is 2. The van der Waals surface area contributed by atoms with Crippen molar-refractivity contribution < 1.29 is 23.8 Å². The topological polar surface area (TPSA) is 98.8 Å². The van der Waals surface area contributed by atoms with Crippen LogP contribution in [0.4, 0.5) is 5.69 Å². The van der Waals surface area contributed by atoms with Crippen molar-refractivity contribution in [3.63, 3.8) is 0 Å². The van der Waals surface area contributed by atoms with Crippen LogP contribution in [0.25, 0.3) is 0 Å². The van der Waals surface area contributed by atoms with Gasteiger partial charge in [0.1, 0.15) is 10.8 Å². The van der Waals surface area contributed by atoms with Crippen molar-refractivity contribution >= 4 is 29.3 Å². The first-order valence-electron chi connectivity index (χ1n) is 10.8. The molecule has 2 aromatic carbocycles. The number of pyridine rings is 1. The van der Waals surface area contributed by atoms with E-state index >= 15 is 0 Å².